The van der Waals surface area contributed by atoms with Crippen molar-refractivity contribution >= 4 is 29.7 Å². The molecule has 0 radical (unpaired) electrons. The molecule has 158 valence electrons. The maximum absolute atomic E-state index is 13.9. The standard InChI is InChI=1S/C19H30BClFNO4S/c1-17(2,3)28(24)23-16(20-26-18(4,5)19(6,7)27-20)10-11-25-15-9-8-13(21)12-14(15)22/h8-9,12,16,23H,10-11H2,1-7H3/t16-,28+/m0/s1. The molecule has 5 nitrogen and oxygen atoms in total. The molecule has 2 atom stereocenters. The minimum atomic E-state index is -1.33. The smallest absolute Gasteiger partial charge is 0.477 e. The average molecular weight is 434 g/mol. The number of hydrogen-bond donors (Lipinski definition) is 1. The molecule has 1 fully saturated rings. The first-order valence-corrected chi connectivity index (χ1v) is 10.9. The van der Waals surface area contributed by atoms with Gasteiger partial charge in [0.25, 0.3) is 0 Å². The van der Waals surface area contributed by atoms with E-state index in [4.69, 9.17) is 25.6 Å². The predicted octanol–water partition coefficient (Wildman–Crippen LogP) is 4.30. The highest BCUT2D eigenvalue weighted by Crippen LogP contribution is 2.38. The summed E-state index contributed by atoms with van der Waals surface area (Å²) >= 11 is 5.77. The fourth-order valence-corrected chi connectivity index (χ4v) is 3.52. The van der Waals surface area contributed by atoms with Crippen molar-refractivity contribution in [1.82, 2.24) is 4.72 Å². The predicted molar refractivity (Wildman–Crippen MR) is 112 cm³/mol. The van der Waals surface area contributed by atoms with Gasteiger partial charge in [0.1, 0.15) is 0 Å². The van der Waals surface area contributed by atoms with Crippen LogP contribution in [0, 0.1) is 5.82 Å². The largest absolute Gasteiger partial charge is 0.490 e. The van der Waals surface area contributed by atoms with Crippen molar-refractivity contribution < 1.29 is 22.6 Å². The molecule has 1 heterocycles. The summed E-state index contributed by atoms with van der Waals surface area (Å²) in [7, 11) is -1.93. The molecule has 28 heavy (non-hydrogen) atoms. The van der Waals surface area contributed by atoms with Gasteiger partial charge in [-0.05, 0) is 73.1 Å². The minimum absolute atomic E-state index is 0.119. The Morgan fingerprint density at radius 1 is 1.25 bits per heavy atom. The topological polar surface area (TPSA) is 56.8 Å². The summed E-state index contributed by atoms with van der Waals surface area (Å²) < 4.78 is 47.0. The third-order valence-corrected chi connectivity index (χ3v) is 6.86. The van der Waals surface area contributed by atoms with Gasteiger partial charge in [0.05, 0.1) is 39.5 Å². The van der Waals surface area contributed by atoms with Crippen LogP contribution in [0.4, 0.5) is 4.39 Å². The normalized spacial score (nSPS) is 20.8. The SMILES string of the molecule is CC(C)(C)[S@@](=O)N[C@@H](CCOc1ccc(Cl)cc1F)B1OC(C)(C)C(C)(C)O1. The lowest BCUT2D eigenvalue weighted by atomic mass is 9.77. The van der Waals surface area contributed by atoms with E-state index in [1.807, 2.05) is 48.5 Å². The first-order chi connectivity index (χ1) is 12.7. The molecule has 2 rings (SSSR count). The number of benzene rings is 1. The van der Waals surface area contributed by atoms with E-state index in [9.17, 15) is 8.60 Å². The molecule has 1 aromatic rings. The maximum Gasteiger partial charge on any atom is 0.477 e. The van der Waals surface area contributed by atoms with Crippen molar-refractivity contribution in [2.45, 2.75) is 76.8 Å². The van der Waals surface area contributed by atoms with Crippen LogP contribution < -0.4 is 9.46 Å². The Morgan fingerprint density at radius 3 is 2.32 bits per heavy atom. The van der Waals surface area contributed by atoms with Gasteiger partial charge < -0.3 is 14.0 Å². The number of halogens is 2. The summed E-state index contributed by atoms with van der Waals surface area (Å²) in [6.45, 7) is 13.7. The van der Waals surface area contributed by atoms with E-state index in [1.54, 1.807) is 6.07 Å². The van der Waals surface area contributed by atoms with Gasteiger partial charge in [0, 0.05) is 5.02 Å². The number of rotatable bonds is 7. The highest BCUT2D eigenvalue weighted by molar-refractivity contribution is 7.84. The molecule has 1 aromatic carbocycles. The zero-order valence-corrected chi connectivity index (χ0v) is 19.2. The summed E-state index contributed by atoms with van der Waals surface area (Å²) in [4.78, 5) is 0. The van der Waals surface area contributed by atoms with E-state index in [0.29, 0.717) is 11.4 Å². The van der Waals surface area contributed by atoms with Crippen molar-refractivity contribution in [3.63, 3.8) is 0 Å². The van der Waals surface area contributed by atoms with E-state index >= 15 is 0 Å². The Morgan fingerprint density at radius 2 is 1.82 bits per heavy atom. The summed E-state index contributed by atoms with van der Waals surface area (Å²) in [5.74, 6) is -0.795. The second kappa shape index (κ2) is 8.60. The van der Waals surface area contributed by atoms with E-state index in [1.165, 1.54) is 12.1 Å². The molecule has 1 N–H and O–H groups in total. The zero-order chi connectivity index (χ0) is 21.3. The lowest BCUT2D eigenvalue weighted by Crippen LogP contribution is -2.50. The molecule has 0 saturated carbocycles. The van der Waals surface area contributed by atoms with Gasteiger partial charge in [-0.15, -0.1) is 0 Å². The van der Waals surface area contributed by atoms with Crippen LogP contribution in [-0.2, 0) is 20.3 Å². The van der Waals surface area contributed by atoms with Crippen LogP contribution in [0.3, 0.4) is 0 Å². The first kappa shape index (κ1) is 23.6. The number of nitrogens with one attached hydrogen (secondary N) is 1. The molecule has 1 aliphatic rings. The summed E-state index contributed by atoms with van der Waals surface area (Å²) in [5.41, 5.74) is -1.02. The van der Waals surface area contributed by atoms with Crippen LogP contribution in [0.5, 0.6) is 5.75 Å². The quantitative estimate of drug-likeness (QED) is 0.651. The fourth-order valence-electron chi connectivity index (χ4n) is 2.51. The van der Waals surface area contributed by atoms with E-state index in [-0.39, 0.29) is 12.4 Å². The van der Waals surface area contributed by atoms with Gasteiger partial charge in [0.2, 0.25) is 0 Å². The monoisotopic (exact) mass is 433 g/mol. The second-order valence-electron chi connectivity index (χ2n) is 8.94. The Kier molecular flexibility index (Phi) is 7.25. The molecule has 0 amide bonds. The third-order valence-electron chi connectivity index (χ3n) is 4.99. The summed E-state index contributed by atoms with van der Waals surface area (Å²) in [6, 6.07) is 4.26. The molecule has 0 aliphatic carbocycles. The lowest BCUT2D eigenvalue weighted by Gasteiger charge is -2.32. The number of ether oxygens (including phenoxy) is 1. The van der Waals surface area contributed by atoms with Crippen molar-refractivity contribution in [2.24, 2.45) is 0 Å². The maximum atomic E-state index is 13.9. The van der Waals surface area contributed by atoms with Gasteiger partial charge in [-0.2, -0.15) is 0 Å². The second-order valence-corrected chi connectivity index (χ2v) is 11.4. The van der Waals surface area contributed by atoms with Crippen molar-refractivity contribution in [3.05, 3.63) is 29.0 Å². The van der Waals surface area contributed by atoms with Gasteiger partial charge in [0.15, 0.2) is 11.6 Å². The van der Waals surface area contributed by atoms with Gasteiger partial charge in [-0.25, -0.2) is 13.3 Å². The Bertz CT molecular complexity index is 710. The van der Waals surface area contributed by atoms with Crippen LogP contribution in [0.2, 0.25) is 5.02 Å². The van der Waals surface area contributed by atoms with E-state index < -0.39 is 45.8 Å². The highest BCUT2D eigenvalue weighted by Gasteiger charge is 2.54. The molecule has 0 bridgehead atoms. The van der Waals surface area contributed by atoms with Crippen molar-refractivity contribution in [2.75, 3.05) is 6.61 Å². The molecule has 0 unspecified atom stereocenters. The molecular formula is C19H30BClFNO4S. The molecule has 1 aliphatic heterocycles. The van der Waals surface area contributed by atoms with E-state index in [2.05, 4.69) is 4.72 Å². The molecule has 0 spiro atoms. The van der Waals surface area contributed by atoms with Crippen LogP contribution in [0.25, 0.3) is 0 Å². The third kappa shape index (κ3) is 5.69. The Hall–Kier alpha value is -0.665. The van der Waals surface area contributed by atoms with Crippen molar-refractivity contribution in [1.29, 1.82) is 0 Å². The van der Waals surface area contributed by atoms with Crippen LogP contribution in [0.15, 0.2) is 18.2 Å². The van der Waals surface area contributed by atoms with Crippen LogP contribution in [-0.4, -0.2) is 39.8 Å². The van der Waals surface area contributed by atoms with E-state index in [0.717, 1.165) is 0 Å². The van der Waals surface area contributed by atoms with Crippen LogP contribution in [0.1, 0.15) is 54.9 Å². The van der Waals surface area contributed by atoms with Gasteiger partial charge >= 0.3 is 7.12 Å². The van der Waals surface area contributed by atoms with Crippen LogP contribution >= 0.6 is 11.6 Å². The highest BCUT2D eigenvalue weighted by atomic mass is 35.5. The summed E-state index contributed by atoms with van der Waals surface area (Å²) in [5, 5.41) is 0.308. The average Bonchev–Trinajstić information content (AvgIpc) is 2.75. The summed E-state index contributed by atoms with van der Waals surface area (Å²) in [6.07, 6.45) is 0.417. The lowest BCUT2D eigenvalue weighted by molar-refractivity contribution is 0.00578. The fraction of sp³-hybridized carbons (Fsp3) is 0.684. The first-order valence-electron chi connectivity index (χ1n) is 9.34. The molecule has 1 saturated heterocycles. The Labute approximate surface area is 175 Å². The molecule has 0 aromatic heterocycles. The van der Waals surface area contributed by atoms with Crippen molar-refractivity contribution in [3.8, 4) is 5.75 Å². The minimum Gasteiger partial charge on any atom is -0.490 e. The molecular weight excluding hydrogens is 404 g/mol. The van der Waals surface area contributed by atoms with Gasteiger partial charge in [-0.1, -0.05) is 11.6 Å². The molecule has 9 heteroatoms. The van der Waals surface area contributed by atoms with Gasteiger partial charge in [-0.3, -0.25) is 0 Å². The Balaban J connectivity index is 2.09. The zero-order valence-electron chi connectivity index (χ0n) is 17.6. The number of hydrogen-bond acceptors (Lipinski definition) is 4.